The van der Waals surface area contributed by atoms with E-state index in [2.05, 4.69) is 11.8 Å². The molecule has 0 aromatic carbocycles. The maximum atomic E-state index is 5.44. The highest BCUT2D eigenvalue weighted by Gasteiger charge is 2.14. The van der Waals surface area contributed by atoms with Crippen molar-refractivity contribution in [1.29, 1.82) is 0 Å². The van der Waals surface area contributed by atoms with E-state index >= 15 is 0 Å². The first kappa shape index (κ1) is 8.02. The SMILES string of the molecule is [CH2]C1CCCN(CCN)C1. The molecule has 1 saturated heterocycles. The first-order valence-corrected chi connectivity index (χ1v) is 4.08. The van der Waals surface area contributed by atoms with Crippen LogP contribution in [0, 0.1) is 12.8 Å². The summed E-state index contributed by atoms with van der Waals surface area (Å²) in [5.41, 5.74) is 5.44. The largest absolute Gasteiger partial charge is 0.329 e. The van der Waals surface area contributed by atoms with Crippen LogP contribution in [0.15, 0.2) is 0 Å². The highest BCUT2D eigenvalue weighted by Crippen LogP contribution is 2.13. The minimum atomic E-state index is 0.639. The van der Waals surface area contributed by atoms with Crippen molar-refractivity contribution in [2.24, 2.45) is 11.7 Å². The Morgan fingerprint density at radius 3 is 3.00 bits per heavy atom. The molecule has 0 aromatic heterocycles. The van der Waals surface area contributed by atoms with E-state index in [-0.39, 0.29) is 0 Å². The molecule has 0 aromatic rings. The van der Waals surface area contributed by atoms with Crippen molar-refractivity contribution in [3.8, 4) is 0 Å². The van der Waals surface area contributed by atoms with Gasteiger partial charge in [-0.1, -0.05) is 0 Å². The van der Waals surface area contributed by atoms with Gasteiger partial charge in [-0.3, -0.25) is 0 Å². The molecule has 59 valence electrons. The van der Waals surface area contributed by atoms with Crippen molar-refractivity contribution in [2.45, 2.75) is 12.8 Å². The van der Waals surface area contributed by atoms with Crippen LogP contribution in [0.1, 0.15) is 12.8 Å². The summed E-state index contributed by atoms with van der Waals surface area (Å²) in [5.74, 6) is 0.639. The standard InChI is InChI=1S/C8H17N2/c1-8-3-2-5-10(7-8)6-4-9/h8H,1-7,9H2. The Labute approximate surface area is 63.4 Å². The fourth-order valence-corrected chi connectivity index (χ4v) is 1.54. The van der Waals surface area contributed by atoms with Crippen LogP contribution in [0.2, 0.25) is 0 Å². The Morgan fingerprint density at radius 1 is 1.60 bits per heavy atom. The van der Waals surface area contributed by atoms with Crippen molar-refractivity contribution < 1.29 is 0 Å². The van der Waals surface area contributed by atoms with Crippen LogP contribution in [0.4, 0.5) is 0 Å². The Hall–Kier alpha value is -0.0800. The van der Waals surface area contributed by atoms with E-state index in [4.69, 9.17) is 5.73 Å². The van der Waals surface area contributed by atoms with E-state index < -0.39 is 0 Å². The van der Waals surface area contributed by atoms with Gasteiger partial charge in [-0.2, -0.15) is 0 Å². The van der Waals surface area contributed by atoms with Crippen molar-refractivity contribution in [3.63, 3.8) is 0 Å². The van der Waals surface area contributed by atoms with Gasteiger partial charge in [0.25, 0.3) is 0 Å². The summed E-state index contributed by atoms with van der Waals surface area (Å²) in [4.78, 5) is 2.40. The molecular formula is C8H17N2. The van der Waals surface area contributed by atoms with Gasteiger partial charge in [0.1, 0.15) is 0 Å². The van der Waals surface area contributed by atoms with Crippen molar-refractivity contribution in [1.82, 2.24) is 4.90 Å². The van der Waals surface area contributed by atoms with Gasteiger partial charge in [0, 0.05) is 19.6 Å². The third-order valence-electron chi connectivity index (χ3n) is 2.05. The maximum Gasteiger partial charge on any atom is 0.0105 e. The Balaban J connectivity index is 2.18. The molecule has 1 radical (unpaired) electrons. The van der Waals surface area contributed by atoms with E-state index in [1.54, 1.807) is 0 Å². The first-order chi connectivity index (χ1) is 4.83. The number of nitrogens with two attached hydrogens (primary N) is 1. The smallest absolute Gasteiger partial charge is 0.0105 e. The molecule has 1 aliphatic heterocycles. The average molecular weight is 141 g/mol. The minimum absolute atomic E-state index is 0.639. The third kappa shape index (κ3) is 2.27. The Bertz CT molecular complexity index is 91.3. The molecule has 1 heterocycles. The Kier molecular flexibility index (Phi) is 3.16. The molecule has 1 aliphatic rings. The van der Waals surface area contributed by atoms with Gasteiger partial charge in [0.05, 0.1) is 0 Å². The number of nitrogens with zero attached hydrogens (tertiary/aromatic N) is 1. The molecule has 1 rings (SSSR count). The monoisotopic (exact) mass is 141 g/mol. The quantitative estimate of drug-likeness (QED) is 0.606. The maximum absolute atomic E-state index is 5.44. The van der Waals surface area contributed by atoms with Gasteiger partial charge < -0.3 is 10.6 Å². The van der Waals surface area contributed by atoms with Crippen molar-refractivity contribution in [2.75, 3.05) is 26.2 Å². The van der Waals surface area contributed by atoms with E-state index in [0.717, 1.165) is 19.6 Å². The highest BCUT2D eigenvalue weighted by molar-refractivity contribution is 4.73. The number of hydrogen-bond acceptors (Lipinski definition) is 2. The van der Waals surface area contributed by atoms with Crippen LogP contribution in [0.25, 0.3) is 0 Å². The fraction of sp³-hybridized carbons (Fsp3) is 0.875. The highest BCUT2D eigenvalue weighted by atomic mass is 15.1. The summed E-state index contributed by atoms with van der Waals surface area (Å²) >= 11 is 0. The molecule has 2 N–H and O–H groups in total. The molecule has 2 heteroatoms. The van der Waals surface area contributed by atoms with Crippen LogP contribution in [0.3, 0.4) is 0 Å². The molecule has 1 atom stereocenters. The number of hydrogen-bond donors (Lipinski definition) is 1. The van der Waals surface area contributed by atoms with Crippen LogP contribution in [-0.4, -0.2) is 31.1 Å². The lowest BCUT2D eigenvalue weighted by atomic mass is 10.0. The number of likely N-dealkylation sites (tertiary alicyclic amines) is 1. The minimum Gasteiger partial charge on any atom is -0.329 e. The summed E-state index contributed by atoms with van der Waals surface area (Å²) in [6.07, 6.45) is 2.59. The number of piperidine rings is 1. The molecule has 0 spiro atoms. The summed E-state index contributed by atoms with van der Waals surface area (Å²) in [6.45, 7) is 8.26. The van der Waals surface area contributed by atoms with Gasteiger partial charge >= 0.3 is 0 Å². The lowest BCUT2D eigenvalue weighted by Crippen LogP contribution is -2.37. The molecule has 0 aliphatic carbocycles. The molecule has 0 saturated carbocycles. The van der Waals surface area contributed by atoms with Gasteiger partial charge in [0.15, 0.2) is 0 Å². The predicted octanol–water partition coefficient (Wildman–Crippen LogP) is 0.491. The second-order valence-corrected chi connectivity index (χ2v) is 3.10. The summed E-state index contributed by atoms with van der Waals surface area (Å²) in [6, 6.07) is 0. The van der Waals surface area contributed by atoms with Crippen LogP contribution in [-0.2, 0) is 0 Å². The Morgan fingerprint density at radius 2 is 2.40 bits per heavy atom. The van der Waals surface area contributed by atoms with E-state index in [9.17, 15) is 0 Å². The second kappa shape index (κ2) is 3.94. The van der Waals surface area contributed by atoms with Crippen LogP contribution >= 0.6 is 0 Å². The van der Waals surface area contributed by atoms with Crippen LogP contribution in [0.5, 0.6) is 0 Å². The zero-order valence-corrected chi connectivity index (χ0v) is 6.55. The molecule has 2 nitrogen and oxygen atoms in total. The van der Waals surface area contributed by atoms with E-state index in [0.29, 0.717) is 5.92 Å². The summed E-state index contributed by atoms with van der Waals surface area (Å²) in [5, 5.41) is 0. The fourth-order valence-electron chi connectivity index (χ4n) is 1.54. The molecule has 1 fully saturated rings. The summed E-state index contributed by atoms with van der Waals surface area (Å²) < 4.78 is 0. The molecule has 0 bridgehead atoms. The zero-order valence-electron chi connectivity index (χ0n) is 6.55. The zero-order chi connectivity index (χ0) is 7.40. The lowest BCUT2D eigenvalue weighted by Gasteiger charge is -2.30. The second-order valence-electron chi connectivity index (χ2n) is 3.10. The van der Waals surface area contributed by atoms with E-state index in [1.165, 1.54) is 19.4 Å². The summed E-state index contributed by atoms with van der Waals surface area (Å²) in [7, 11) is 0. The topological polar surface area (TPSA) is 29.3 Å². The van der Waals surface area contributed by atoms with Gasteiger partial charge in [-0.15, -0.1) is 0 Å². The van der Waals surface area contributed by atoms with Gasteiger partial charge in [-0.05, 0) is 32.2 Å². The average Bonchev–Trinajstić information content (AvgIpc) is 1.88. The molecule has 10 heavy (non-hydrogen) atoms. The third-order valence-corrected chi connectivity index (χ3v) is 2.05. The predicted molar refractivity (Wildman–Crippen MR) is 43.6 cm³/mol. The van der Waals surface area contributed by atoms with Crippen molar-refractivity contribution >= 4 is 0 Å². The van der Waals surface area contributed by atoms with Crippen LogP contribution < -0.4 is 5.73 Å². The molecular weight excluding hydrogens is 124 g/mol. The lowest BCUT2D eigenvalue weighted by molar-refractivity contribution is 0.201. The molecule has 1 unspecified atom stereocenters. The normalized spacial score (nSPS) is 28.8. The first-order valence-electron chi connectivity index (χ1n) is 4.08. The van der Waals surface area contributed by atoms with Crippen molar-refractivity contribution in [3.05, 3.63) is 6.92 Å². The van der Waals surface area contributed by atoms with E-state index in [1.807, 2.05) is 0 Å². The molecule has 0 amide bonds. The number of rotatable bonds is 2. The van der Waals surface area contributed by atoms with Gasteiger partial charge in [-0.25, -0.2) is 0 Å². The van der Waals surface area contributed by atoms with Gasteiger partial charge in [0.2, 0.25) is 0 Å².